The van der Waals surface area contributed by atoms with Crippen LogP contribution in [0.15, 0.2) is 42.5 Å². The van der Waals surface area contributed by atoms with Crippen molar-refractivity contribution in [3.05, 3.63) is 65.0 Å². The molecular formula is C16H17FN2O. The Labute approximate surface area is 117 Å². The Kier molecular flexibility index (Phi) is 3.42. The smallest absolute Gasteiger partial charge is 0.123 e. The number of hydrogen-bond acceptors (Lipinski definition) is 3. The van der Waals surface area contributed by atoms with Crippen molar-refractivity contribution in [1.29, 1.82) is 0 Å². The van der Waals surface area contributed by atoms with Crippen LogP contribution < -0.4 is 16.0 Å². The quantitative estimate of drug-likeness (QED) is 0.664. The van der Waals surface area contributed by atoms with E-state index in [-0.39, 0.29) is 17.8 Å². The van der Waals surface area contributed by atoms with Crippen molar-refractivity contribution in [2.75, 3.05) is 7.11 Å². The molecule has 0 bridgehead atoms. The molecule has 4 heteroatoms. The second-order valence-electron chi connectivity index (χ2n) is 5.04. The highest BCUT2D eigenvalue weighted by Crippen LogP contribution is 2.45. The zero-order valence-corrected chi connectivity index (χ0v) is 11.3. The summed E-state index contributed by atoms with van der Waals surface area (Å²) in [7, 11) is 1.58. The van der Waals surface area contributed by atoms with Crippen molar-refractivity contribution in [1.82, 2.24) is 5.43 Å². The number of rotatable bonds is 4. The van der Waals surface area contributed by atoms with E-state index in [0.29, 0.717) is 5.75 Å². The number of nitrogens with two attached hydrogens (primary N) is 1. The van der Waals surface area contributed by atoms with Crippen LogP contribution in [-0.2, 0) is 6.42 Å². The van der Waals surface area contributed by atoms with Crippen molar-refractivity contribution >= 4 is 0 Å². The first-order valence-corrected chi connectivity index (χ1v) is 6.62. The maximum Gasteiger partial charge on any atom is 0.123 e. The number of hydrogen-bond donors (Lipinski definition) is 2. The van der Waals surface area contributed by atoms with Crippen molar-refractivity contribution in [3.63, 3.8) is 0 Å². The van der Waals surface area contributed by atoms with Crippen LogP contribution in [0.25, 0.3) is 0 Å². The number of benzene rings is 2. The maximum atomic E-state index is 13.5. The standard InChI is InChI=1S/C16H17FN2O/c1-20-15-7-6-11(17)9-14(15)16(19-18)13-8-10-4-2-3-5-12(10)13/h2-7,9,13,16,19H,8,18H2,1H3. The minimum atomic E-state index is -0.284. The molecule has 0 radical (unpaired) electrons. The molecule has 3 N–H and O–H groups in total. The highest BCUT2D eigenvalue weighted by Gasteiger charge is 2.34. The van der Waals surface area contributed by atoms with Crippen LogP contribution in [0.1, 0.15) is 28.7 Å². The third kappa shape index (κ3) is 2.07. The molecule has 0 fully saturated rings. The first kappa shape index (κ1) is 13.1. The highest BCUT2D eigenvalue weighted by atomic mass is 19.1. The van der Waals surface area contributed by atoms with Crippen LogP contribution in [0.5, 0.6) is 5.75 Å². The molecule has 3 rings (SSSR count). The average Bonchev–Trinajstić information content (AvgIpc) is 2.45. The van der Waals surface area contributed by atoms with Crippen LogP contribution in [0.3, 0.4) is 0 Å². The van der Waals surface area contributed by atoms with Gasteiger partial charge in [0, 0.05) is 11.5 Å². The maximum absolute atomic E-state index is 13.5. The second kappa shape index (κ2) is 5.23. The van der Waals surface area contributed by atoms with E-state index < -0.39 is 0 Å². The Balaban J connectivity index is 1.98. The molecule has 3 nitrogen and oxygen atoms in total. The summed E-state index contributed by atoms with van der Waals surface area (Å²) < 4.78 is 18.9. The Hall–Kier alpha value is -1.91. The summed E-state index contributed by atoms with van der Waals surface area (Å²) in [6.07, 6.45) is 0.935. The minimum absolute atomic E-state index is 0.157. The molecule has 1 aliphatic carbocycles. The van der Waals surface area contributed by atoms with Gasteiger partial charge in [0.1, 0.15) is 11.6 Å². The highest BCUT2D eigenvalue weighted by molar-refractivity contribution is 5.46. The van der Waals surface area contributed by atoms with Gasteiger partial charge < -0.3 is 4.74 Å². The number of fused-ring (bicyclic) bond motifs is 1. The van der Waals surface area contributed by atoms with E-state index in [1.54, 1.807) is 13.2 Å². The summed E-state index contributed by atoms with van der Waals surface area (Å²) in [5.41, 5.74) is 6.17. The monoisotopic (exact) mass is 272 g/mol. The Morgan fingerprint density at radius 3 is 2.80 bits per heavy atom. The van der Waals surface area contributed by atoms with Gasteiger partial charge >= 0.3 is 0 Å². The van der Waals surface area contributed by atoms with Gasteiger partial charge in [-0.25, -0.2) is 4.39 Å². The summed E-state index contributed by atoms with van der Waals surface area (Å²) >= 11 is 0. The van der Waals surface area contributed by atoms with E-state index in [4.69, 9.17) is 10.6 Å². The first-order valence-electron chi connectivity index (χ1n) is 6.62. The second-order valence-corrected chi connectivity index (χ2v) is 5.04. The van der Waals surface area contributed by atoms with Gasteiger partial charge in [-0.3, -0.25) is 11.3 Å². The molecule has 0 saturated carbocycles. The van der Waals surface area contributed by atoms with E-state index in [1.165, 1.54) is 23.3 Å². The van der Waals surface area contributed by atoms with Crippen LogP contribution >= 0.6 is 0 Å². The molecule has 0 spiro atoms. The van der Waals surface area contributed by atoms with Crippen molar-refractivity contribution in [2.45, 2.75) is 18.4 Å². The van der Waals surface area contributed by atoms with E-state index in [9.17, 15) is 4.39 Å². The average molecular weight is 272 g/mol. The molecule has 0 heterocycles. The van der Waals surface area contributed by atoms with Gasteiger partial charge in [0.05, 0.1) is 13.2 Å². The molecule has 0 aliphatic heterocycles. The Morgan fingerprint density at radius 1 is 1.30 bits per heavy atom. The van der Waals surface area contributed by atoms with Crippen molar-refractivity contribution in [3.8, 4) is 5.75 Å². The molecule has 2 aromatic carbocycles. The number of methoxy groups -OCH3 is 1. The van der Waals surface area contributed by atoms with Gasteiger partial charge in [0.15, 0.2) is 0 Å². The predicted octanol–water partition coefficient (Wildman–Crippen LogP) is 2.68. The van der Waals surface area contributed by atoms with Crippen molar-refractivity contribution in [2.24, 2.45) is 5.84 Å². The van der Waals surface area contributed by atoms with Gasteiger partial charge in [-0.05, 0) is 35.7 Å². The zero-order chi connectivity index (χ0) is 14.1. The fourth-order valence-electron chi connectivity index (χ4n) is 2.97. The van der Waals surface area contributed by atoms with Gasteiger partial charge in [-0.1, -0.05) is 24.3 Å². The normalized spacial score (nSPS) is 18.1. The topological polar surface area (TPSA) is 47.3 Å². The van der Waals surface area contributed by atoms with E-state index in [2.05, 4.69) is 17.6 Å². The molecule has 2 aromatic rings. The number of hydrazine groups is 1. The van der Waals surface area contributed by atoms with E-state index >= 15 is 0 Å². The van der Waals surface area contributed by atoms with Crippen LogP contribution in [0, 0.1) is 5.82 Å². The van der Waals surface area contributed by atoms with E-state index in [1.807, 2.05) is 12.1 Å². The van der Waals surface area contributed by atoms with Gasteiger partial charge in [-0.15, -0.1) is 0 Å². The van der Waals surface area contributed by atoms with Crippen LogP contribution in [0.2, 0.25) is 0 Å². The van der Waals surface area contributed by atoms with E-state index in [0.717, 1.165) is 12.0 Å². The Morgan fingerprint density at radius 2 is 2.10 bits per heavy atom. The lowest BCUT2D eigenvalue weighted by Gasteiger charge is -2.36. The molecule has 0 amide bonds. The van der Waals surface area contributed by atoms with Crippen LogP contribution in [-0.4, -0.2) is 7.11 Å². The van der Waals surface area contributed by atoms with Crippen LogP contribution in [0.4, 0.5) is 4.39 Å². The number of ether oxygens (including phenoxy) is 1. The van der Waals surface area contributed by atoms with Gasteiger partial charge in [0.25, 0.3) is 0 Å². The fraction of sp³-hybridized carbons (Fsp3) is 0.250. The van der Waals surface area contributed by atoms with Crippen molar-refractivity contribution < 1.29 is 9.13 Å². The Bertz CT molecular complexity index is 630. The van der Waals surface area contributed by atoms with Gasteiger partial charge in [0.2, 0.25) is 0 Å². The third-order valence-electron chi connectivity index (χ3n) is 4.00. The SMILES string of the molecule is COc1ccc(F)cc1C(NN)C1Cc2ccccc21. The van der Waals surface area contributed by atoms with Gasteiger partial charge in [-0.2, -0.15) is 0 Å². The molecule has 20 heavy (non-hydrogen) atoms. The summed E-state index contributed by atoms with van der Waals surface area (Å²) in [6, 6.07) is 12.6. The minimum Gasteiger partial charge on any atom is -0.496 e. The molecule has 2 unspecified atom stereocenters. The lowest BCUT2D eigenvalue weighted by molar-refractivity contribution is 0.372. The third-order valence-corrected chi connectivity index (χ3v) is 4.00. The lowest BCUT2D eigenvalue weighted by atomic mass is 9.72. The molecule has 0 saturated heterocycles. The first-order chi connectivity index (χ1) is 9.74. The predicted molar refractivity (Wildman–Crippen MR) is 75.9 cm³/mol. The molecule has 2 atom stereocenters. The largest absolute Gasteiger partial charge is 0.496 e. The summed E-state index contributed by atoms with van der Waals surface area (Å²) in [4.78, 5) is 0. The molecule has 1 aliphatic rings. The summed E-state index contributed by atoms with van der Waals surface area (Å²) in [6.45, 7) is 0. The molecular weight excluding hydrogens is 255 g/mol. The number of halogens is 1. The lowest BCUT2D eigenvalue weighted by Crippen LogP contribution is -2.37. The molecule has 0 aromatic heterocycles. The summed E-state index contributed by atoms with van der Waals surface area (Å²) in [5, 5.41) is 0. The molecule has 104 valence electrons. The number of nitrogens with one attached hydrogen (secondary N) is 1. The zero-order valence-electron chi connectivity index (χ0n) is 11.3. The summed E-state index contributed by atoms with van der Waals surface area (Å²) in [5.74, 6) is 6.33. The fourth-order valence-corrected chi connectivity index (χ4v) is 2.97.